The number of aromatic nitrogens is 1. The summed E-state index contributed by atoms with van der Waals surface area (Å²) in [5.74, 6) is 0.604. The maximum atomic E-state index is 12.0. The second-order valence-corrected chi connectivity index (χ2v) is 6.63. The summed E-state index contributed by atoms with van der Waals surface area (Å²) in [5.41, 5.74) is 1.36. The molecule has 0 saturated carbocycles. The van der Waals surface area contributed by atoms with Crippen molar-refractivity contribution in [3.63, 3.8) is 0 Å². The molecule has 140 valence electrons. The zero-order valence-corrected chi connectivity index (χ0v) is 15.1. The Morgan fingerprint density at radius 2 is 2.00 bits per heavy atom. The summed E-state index contributed by atoms with van der Waals surface area (Å²) in [6.07, 6.45) is 0. The Morgan fingerprint density at radius 3 is 2.75 bits per heavy atom. The van der Waals surface area contributed by atoms with Gasteiger partial charge in [0.25, 0.3) is 11.6 Å². The predicted octanol–water partition coefficient (Wildman–Crippen LogP) is 4.48. The van der Waals surface area contributed by atoms with E-state index in [0.717, 1.165) is 11.0 Å². The van der Waals surface area contributed by atoms with Gasteiger partial charge in [-0.15, -0.1) is 11.3 Å². The molecule has 9 heteroatoms. The lowest BCUT2D eigenvalue weighted by Gasteiger charge is -2.05. The summed E-state index contributed by atoms with van der Waals surface area (Å²) in [6.45, 7) is -0.239. The van der Waals surface area contributed by atoms with Crippen molar-refractivity contribution in [1.82, 2.24) is 4.98 Å². The van der Waals surface area contributed by atoms with Gasteiger partial charge in [-0.1, -0.05) is 18.2 Å². The second-order valence-electron chi connectivity index (χ2n) is 5.77. The molecule has 0 aliphatic rings. The van der Waals surface area contributed by atoms with Crippen LogP contribution in [0.3, 0.4) is 0 Å². The number of furan rings is 1. The maximum absolute atomic E-state index is 12.0. The van der Waals surface area contributed by atoms with Crippen LogP contribution in [0.1, 0.15) is 0 Å². The van der Waals surface area contributed by atoms with Crippen LogP contribution in [0.15, 0.2) is 64.4 Å². The van der Waals surface area contributed by atoms with E-state index in [2.05, 4.69) is 10.3 Å². The van der Waals surface area contributed by atoms with E-state index in [-0.39, 0.29) is 18.2 Å². The van der Waals surface area contributed by atoms with E-state index in [1.54, 1.807) is 5.38 Å². The van der Waals surface area contributed by atoms with E-state index in [1.165, 1.54) is 35.6 Å². The minimum atomic E-state index is -0.501. The highest BCUT2D eigenvalue weighted by atomic mass is 32.1. The van der Waals surface area contributed by atoms with Gasteiger partial charge in [0.15, 0.2) is 17.5 Å². The van der Waals surface area contributed by atoms with Crippen molar-refractivity contribution in [2.75, 3.05) is 11.9 Å². The molecular formula is C19H13N3O5S. The minimum Gasteiger partial charge on any atom is -0.484 e. The summed E-state index contributed by atoms with van der Waals surface area (Å²) < 4.78 is 11.1. The number of nitrogens with zero attached hydrogens (tertiary/aromatic N) is 2. The molecule has 0 aliphatic carbocycles. The fourth-order valence-corrected chi connectivity index (χ4v) is 3.24. The number of hydrogen-bond acceptors (Lipinski definition) is 7. The molecular weight excluding hydrogens is 382 g/mol. The molecule has 2 heterocycles. The van der Waals surface area contributed by atoms with Gasteiger partial charge in [0, 0.05) is 22.9 Å². The third kappa shape index (κ3) is 3.84. The fraction of sp³-hybridized carbons (Fsp3) is 0.0526. The second kappa shape index (κ2) is 7.49. The van der Waals surface area contributed by atoms with Crippen LogP contribution < -0.4 is 10.1 Å². The number of nitro benzene ring substituents is 1. The van der Waals surface area contributed by atoms with E-state index in [4.69, 9.17) is 9.15 Å². The van der Waals surface area contributed by atoms with Gasteiger partial charge in [0.1, 0.15) is 17.0 Å². The molecule has 0 radical (unpaired) electrons. The third-order valence-corrected chi connectivity index (χ3v) is 4.60. The average molecular weight is 395 g/mol. The third-order valence-electron chi connectivity index (χ3n) is 3.85. The molecule has 0 atom stereocenters. The first-order valence-corrected chi connectivity index (χ1v) is 9.08. The molecule has 0 spiro atoms. The SMILES string of the molecule is O=C(COc1ccc([N+](=O)[O-])cc1)Nc1nc(-c2cc3ccccc3o2)cs1. The van der Waals surface area contributed by atoms with E-state index in [9.17, 15) is 14.9 Å². The largest absolute Gasteiger partial charge is 0.484 e. The van der Waals surface area contributed by atoms with Crippen LogP contribution in [0.5, 0.6) is 5.75 Å². The van der Waals surface area contributed by atoms with Crippen molar-refractivity contribution in [3.8, 4) is 17.2 Å². The molecule has 0 aliphatic heterocycles. The lowest BCUT2D eigenvalue weighted by Crippen LogP contribution is -2.20. The normalized spacial score (nSPS) is 10.7. The van der Waals surface area contributed by atoms with Gasteiger partial charge in [-0.25, -0.2) is 4.98 Å². The number of rotatable bonds is 6. The number of benzene rings is 2. The number of carbonyl (C=O) groups excluding carboxylic acids is 1. The number of para-hydroxylation sites is 1. The lowest BCUT2D eigenvalue weighted by atomic mass is 10.2. The summed E-state index contributed by atoms with van der Waals surface area (Å²) in [6, 6.07) is 15.1. The molecule has 8 nitrogen and oxygen atoms in total. The molecule has 2 aromatic carbocycles. The van der Waals surface area contributed by atoms with Crippen LogP contribution in [0.4, 0.5) is 10.8 Å². The van der Waals surface area contributed by atoms with Crippen LogP contribution in [0.25, 0.3) is 22.4 Å². The monoisotopic (exact) mass is 395 g/mol. The average Bonchev–Trinajstić information content (AvgIpc) is 3.33. The summed E-state index contributed by atoms with van der Waals surface area (Å²) >= 11 is 1.28. The highest BCUT2D eigenvalue weighted by molar-refractivity contribution is 7.14. The van der Waals surface area contributed by atoms with Gasteiger partial charge in [-0.05, 0) is 24.3 Å². The number of thiazole rings is 1. The van der Waals surface area contributed by atoms with Crippen LogP contribution in [0, 0.1) is 10.1 Å². The van der Waals surface area contributed by atoms with Gasteiger partial charge in [-0.2, -0.15) is 0 Å². The smallest absolute Gasteiger partial charge is 0.269 e. The Hall–Kier alpha value is -3.72. The number of nitrogens with one attached hydrogen (secondary N) is 1. The molecule has 2 aromatic heterocycles. The van der Waals surface area contributed by atoms with Crippen LogP contribution in [-0.4, -0.2) is 22.4 Å². The summed E-state index contributed by atoms with van der Waals surface area (Å²) in [7, 11) is 0. The Balaban J connectivity index is 1.36. The quantitative estimate of drug-likeness (QED) is 0.381. The first-order chi connectivity index (χ1) is 13.6. The molecule has 4 rings (SSSR count). The van der Waals surface area contributed by atoms with Crippen LogP contribution >= 0.6 is 11.3 Å². The molecule has 0 saturated heterocycles. The Kier molecular flexibility index (Phi) is 4.73. The number of fused-ring (bicyclic) bond motifs is 1. The highest BCUT2D eigenvalue weighted by Gasteiger charge is 2.12. The highest BCUT2D eigenvalue weighted by Crippen LogP contribution is 2.30. The number of nitro groups is 1. The van der Waals surface area contributed by atoms with E-state index < -0.39 is 4.92 Å². The zero-order chi connectivity index (χ0) is 19.5. The van der Waals surface area contributed by atoms with E-state index in [0.29, 0.717) is 22.3 Å². The Labute approximate surface area is 162 Å². The van der Waals surface area contributed by atoms with Crippen molar-refractivity contribution < 1.29 is 18.9 Å². The van der Waals surface area contributed by atoms with Gasteiger partial charge < -0.3 is 9.15 Å². The molecule has 1 amide bonds. The van der Waals surface area contributed by atoms with Gasteiger partial charge in [-0.3, -0.25) is 20.2 Å². The van der Waals surface area contributed by atoms with Gasteiger partial charge >= 0.3 is 0 Å². The van der Waals surface area contributed by atoms with E-state index >= 15 is 0 Å². The topological polar surface area (TPSA) is 108 Å². The predicted molar refractivity (Wildman–Crippen MR) is 105 cm³/mol. The van der Waals surface area contributed by atoms with Gasteiger partial charge in [0.05, 0.1) is 4.92 Å². The number of ether oxygens (including phenoxy) is 1. The summed E-state index contributed by atoms with van der Waals surface area (Å²) in [5, 5.41) is 16.5. The van der Waals surface area contributed by atoms with Crippen molar-refractivity contribution >= 4 is 39.0 Å². The van der Waals surface area contributed by atoms with E-state index in [1.807, 2.05) is 30.3 Å². The zero-order valence-electron chi connectivity index (χ0n) is 14.3. The van der Waals surface area contributed by atoms with Crippen molar-refractivity contribution in [3.05, 3.63) is 70.1 Å². The maximum Gasteiger partial charge on any atom is 0.269 e. The van der Waals surface area contributed by atoms with Crippen molar-refractivity contribution in [1.29, 1.82) is 0 Å². The number of anilines is 1. The minimum absolute atomic E-state index is 0.0438. The molecule has 0 bridgehead atoms. The molecule has 1 N–H and O–H groups in total. The number of carbonyl (C=O) groups is 1. The Bertz CT molecular complexity index is 1120. The number of hydrogen-bond donors (Lipinski definition) is 1. The van der Waals surface area contributed by atoms with Crippen molar-refractivity contribution in [2.45, 2.75) is 0 Å². The molecule has 0 unspecified atom stereocenters. The number of non-ortho nitro benzene ring substituents is 1. The first-order valence-electron chi connectivity index (χ1n) is 8.20. The fourth-order valence-electron chi connectivity index (χ4n) is 2.52. The van der Waals surface area contributed by atoms with Gasteiger partial charge in [0.2, 0.25) is 0 Å². The number of amides is 1. The Morgan fingerprint density at radius 1 is 1.21 bits per heavy atom. The van der Waals surface area contributed by atoms with Crippen LogP contribution in [0.2, 0.25) is 0 Å². The molecule has 4 aromatic rings. The van der Waals surface area contributed by atoms with Crippen LogP contribution in [-0.2, 0) is 4.79 Å². The molecule has 28 heavy (non-hydrogen) atoms. The standard InChI is InChI=1S/C19H13N3O5S/c23-18(10-26-14-7-5-13(6-8-14)22(24)25)21-19-20-15(11-28-19)17-9-12-3-1-2-4-16(12)27-17/h1-9,11H,10H2,(H,20,21,23). The molecule has 0 fully saturated rings. The van der Waals surface area contributed by atoms with Crippen molar-refractivity contribution in [2.24, 2.45) is 0 Å². The first kappa shape index (κ1) is 17.7. The lowest BCUT2D eigenvalue weighted by molar-refractivity contribution is -0.384. The summed E-state index contributed by atoms with van der Waals surface area (Å²) in [4.78, 5) is 26.5.